The highest BCUT2D eigenvalue weighted by molar-refractivity contribution is 5.96. The molecule has 3 N–H and O–H groups in total. The van der Waals surface area contributed by atoms with Gasteiger partial charge in [-0.25, -0.2) is 0 Å². The van der Waals surface area contributed by atoms with E-state index in [0.717, 1.165) is 25.7 Å². The van der Waals surface area contributed by atoms with Crippen LogP contribution in [0.25, 0.3) is 0 Å². The van der Waals surface area contributed by atoms with Gasteiger partial charge in [-0.15, -0.1) is 0 Å². The van der Waals surface area contributed by atoms with E-state index < -0.39 is 0 Å². The van der Waals surface area contributed by atoms with Crippen LogP contribution in [0.2, 0.25) is 0 Å². The molecule has 0 radical (unpaired) electrons. The van der Waals surface area contributed by atoms with Gasteiger partial charge in [0.05, 0.1) is 13.2 Å². The molecule has 114 valence electrons. The van der Waals surface area contributed by atoms with Crippen LogP contribution in [0.3, 0.4) is 0 Å². The Morgan fingerprint density at radius 2 is 1.76 bits per heavy atom. The Hall–Kier alpha value is -1.88. The summed E-state index contributed by atoms with van der Waals surface area (Å²) in [5.74, 6) is -0.484. The molecule has 0 atom stereocenters. The number of hydrogen-bond acceptors (Lipinski definition) is 3. The van der Waals surface area contributed by atoms with Crippen molar-refractivity contribution in [1.82, 2.24) is 10.6 Å². The summed E-state index contributed by atoms with van der Waals surface area (Å²) in [5.41, 5.74) is 0.368. The summed E-state index contributed by atoms with van der Waals surface area (Å²) in [5, 5.41) is 14.9. The van der Waals surface area contributed by atoms with Crippen molar-refractivity contribution in [1.29, 1.82) is 0 Å². The van der Waals surface area contributed by atoms with Gasteiger partial charge >= 0.3 is 0 Å². The molecule has 5 nitrogen and oxygen atoms in total. The number of nitrogens with one attached hydrogen (secondary N) is 2. The van der Waals surface area contributed by atoms with E-state index in [1.807, 2.05) is 6.07 Å². The van der Waals surface area contributed by atoms with Crippen LogP contribution in [0.4, 0.5) is 0 Å². The van der Waals surface area contributed by atoms with E-state index in [2.05, 4.69) is 10.6 Å². The SMILES string of the molecule is O=C(CNC(=O)c1ccccc1)NCC1(CO)CCCC1. The summed E-state index contributed by atoms with van der Waals surface area (Å²) in [6.45, 7) is 0.530. The molecule has 0 aromatic heterocycles. The topological polar surface area (TPSA) is 78.4 Å². The molecule has 1 aromatic rings. The van der Waals surface area contributed by atoms with E-state index in [9.17, 15) is 14.7 Å². The highest BCUT2D eigenvalue weighted by atomic mass is 16.3. The van der Waals surface area contributed by atoms with Crippen LogP contribution >= 0.6 is 0 Å². The Morgan fingerprint density at radius 3 is 2.38 bits per heavy atom. The maximum absolute atomic E-state index is 11.8. The van der Waals surface area contributed by atoms with Crippen molar-refractivity contribution in [2.75, 3.05) is 19.7 Å². The molecule has 1 aliphatic carbocycles. The number of rotatable bonds is 6. The zero-order chi connectivity index (χ0) is 15.1. The lowest BCUT2D eigenvalue weighted by Gasteiger charge is -2.26. The fourth-order valence-electron chi connectivity index (χ4n) is 2.72. The van der Waals surface area contributed by atoms with Crippen LogP contribution in [0.1, 0.15) is 36.0 Å². The number of aliphatic hydroxyl groups excluding tert-OH is 1. The van der Waals surface area contributed by atoms with Crippen LogP contribution in [0.5, 0.6) is 0 Å². The molecule has 5 heteroatoms. The number of benzene rings is 1. The predicted molar refractivity (Wildman–Crippen MR) is 79.8 cm³/mol. The van der Waals surface area contributed by atoms with Gasteiger partial charge in [0, 0.05) is 17.5 Å². The molecule has 0 bridgehead atoms. The summed E-state index contributed by atoms with van der Waals surface area (Å²) in [7, 11) is 0. The minimum absolute atomic E-state index is 0.0464. The van der Waals surface area contributed by atoms with Crippen molar-refractivity contribution < 1.29 is 14.7 Å². The first kappa shape index (κ1) is 15.5. The lowest BCUT2D eigenvalue weighted by atomic mass is 9.87. The van der Waals surface area contributed by atoms with Crippen LogP contribution < -0.4 is 10.6 Å². The Labute approximate surface area is 124 Å². The normalized spacial score (nSPS) is 16.4. The number of hydrogen-bond donors (Lipinski definition) is 3. The molecule has 0 unspecified atom stereocenters. The van der Waals surface area contributed by atoms with Crippen molar-refractivity contribution in [3.8, 4) is 0 Å². The second kappa shape index (κ2) is 7.22. The first-order valence-electron chi connectivity index (χ1n) is 7.36. The van der Waals surface area contributed by atoms with E-state index in [1.54, 1.807) is 24.3 Å². The van der Waals surface area contributed by atoms with Gasteiger partial charge in [0.2, 0.25) is 5.91 Å². The lowest BCUT2D eigenvalue weighted by molar-refractivity contribution is -0.120. The maximum atomic E-state index is 11.8. The Kier molecular flexibility index (Phi) is 5.33. The second-order valence-electron chi connectivity index (χ2n) is 5.69. The molecule has 0 spiro atoms. The largest absolute Gasteiger partial charge is 0.396 e. The average molecular weight is 290 g/mol. The van der Waals surface area contributed by atoms with Crippen molar-refractivity contribution in [3.05, 3.63) is 35.9 Å². The first-order chi connectivity index (χ1) is 10.2. The first-order valence-corrected chi connectivity index (χ1v) is 7.36. The number of aliphatic hydroxyl groups is 1. The fourth-order valence-corrected chi connectivity index (χ4v) is 2.72. The standard InChI is InChI=1S/C16H22N2O3/c19-12-16(8-4-5-9-16)11-18-14(20)10-17-15(21)13-6-2-1-3-7-13/h1-3,6-7,19H,4-5,8-12H2,(H,17,21)(H,18,20). The summed E-state index contributed by atoms with van der Waals surface area (Å²) in [6, 6.07) is 8.79. The molecule has 1 aromatic carbocycles. The molecule has 0 saturated heterocycles. The van der Waals surface area contributed by atoms with Crippen LogP contribution in [-0.2, 0) is 4.79 Å². The Bertz CT molecular complexity index is 482. The van der Waals surface area contributed by atoms with Crippen molar-refractivity contribution >= 4 is 11.8 Å². The van der Waals surface area contributed by atoms with Gasteiger partial charge < -0.3 is 15.7 Å². The molecule has 2 amide bonds. The molecular weight excluding hydrogens is 268 g/mol. The third kappa shape index (κ3) is 4.29. The van der Waals surface area contributed by atoms with Gasteiger partial charge in [-0.3, -0.25) is 9.59 Å². The second-order valence-corrected chi connectivity index (χ2v) is 5.69. The van der Waals surface area contributed by atoms with Crippen molar-refractivity contribution in [2.45, 2.75) is 25.7 Å². The summed E-state index contributed by atoms with van der Waals surface area (Å²) in [6.07, 6.45) is 4.09. The number of carbonyl (C=O) groups excluding carboxylic acids is 2. The van der Waals surface area contributed by atoms with Gasteiger partial charge in [0.1, 0.15) is 0 Å². The smallest absolute Gasteiger partial charge is 0.251 e. The highest BCUT2D eigenvalue weighted by Gasteiger charge is 2.33. The third-order valence-electron chi connectivity index (χ3n) is 4.11. The minimum Gasteiger partial charge on any atom is -0.396 e. The van der Waals surface area contributed by atoms with Gasteiger partial charge in [-0.2, -0.15) is 0 Å². The lowest BCUT2D eigenvalue weighted by Crippen LogP contribution is -2.43. The van der Waals surface area contributed by atoms with Crippen molar-refractivity contribution in [2.24, 2.45) is 5.41 Å². The van der Waals surface area contributed by atoms with E-state index >= 15 is 0 Å². The van der Waals surface area contributed by atoms with Gasteiger partial charge in [-0.1, -0.05) is 31.0 Å². The van der Waals surface area contributed by atoms with Gasteiger partial charge in [0.25, 0.3) is 5.91 Å². The molecule has 0 aliphatic heterocycles. The van der Waals surface area contributed by atoms with E-state index in [-0.39, 0.29) is 30.4 Å². The highest BCUT2D eigenvalue weighted by Crippen LogP contribution is 2.36. The van der Waals surface area contributed by atoms with E-state index in [4.69, 9.17) is 0 Å². The third-order valence-corrected chi connectivity index (χ3v) is 4.11. The van der Waals surface area contributed by atoms with Crippen LogP contribution in [0, 0.1) is 5.41 Å². The molecular formula is C16H22N2O3. The zero-order valence-electron chi connectivity index (χ0n) is 12.1. The fraction of sp³-hybridized carbons (Fsp3) is 0.500. The van der Waals surface area contributed by atoms with Crippen LogP contribution in [-0.4, -0.2) is 36.6 Å². The summed E-state index contributed by atoms with van der Waals surface area (Å²) < 4.78 is 0. The van der Waals surface area contributed by atoms with Gasteiger partial charge in [0.15, 0.2) is 0 Å². The average Bonchev–Trinajstić information content (AvgIpc) is 3.01. The molecule has 2 rings (SSSR count). The molecule has 0 heterocycles. The van der Waals surface area contributed by atoms with E-state index in [1.165, 1.54) is 0 Å². The Balaban J connectivity index is 1.74. The summed E-state index contributed by atoms with van der Waals surface area (Å²) >= 11 is 0. The quantitative estimate of drug-likeness (QED) is 0.733. The monoisotopic (exact) mass is 290 g/mol. The summed E-state index contributed by atoms with van der Waals surface area (Å²) in [4.78, 5) is 23.6. The Morgan fingerprint density at radius 1 is 1.10 bits per heavy atom. The van der Waals surface area contributed by atoms with Crippen molar-refractivity contribution in [3.63, 3.8) is 0 Å². The molecule has 1 saturated carbocycles. The molecule has 1 fully saturated rings. The molecule has 21 heavy (non-hydrogen) atoms. The predicted octanol–water partition coefficient (Wildman–Crippen LogP) is 1.09. The zero-order valence-corrected chi connectivity index (χ0v) is 12.1. The minimum atomic E-state index is -0.261. The van der Waals surface area contributed by atoms with Gasteiger partial charge in [-0.05, 0) is 25.0 Å². The number of carbonyl (C=O) groups is 2. The maximum Gasteiger partial charge on any atom is 0.251 e. The number of amides is 2. The van der Waals surface area contributed by atoms with E-state index in [0.29, 0.717) is 12.1 Å². The van der Waals surface area contributed by atoms with Crippen LogP contribution in [0.15, 0.2) is 30.3 Å². The molecule has 1 aliphatic rings.